The Morgan fingerprint density at radius 2 is 1.74 bits per heavy atom. The summed E-state index contributed by atoms with van der Waals surface area (Å²) in [5, 5.41) is 3.36. The first-order valence-electron chi connectivity index (χ1n) is 10.1. The van der Waals surface area contributed by atoms with Crippen LogP contribution in [-0.2, 0) is 13.0 Å². The van der Waals surface area contributed by atoms with E-state index in [1.807, 2.05) is 49.4 Å². The van der Waals surface area contributed by atoms with E-state index in [2.05, 4.69) is 34.2 Å². The summed E-state index contributed by atoms with van der Waals surface area (Å²) >= 11 is 14.2. The third-order valence-corrected chi connectivity index (χ3v) is 6.26. The Bertz CT molecular complexity index is 1210. The number of hydrogen-bond donors (Lipinski definition) is 0. The number of thiazole rings is 1. The van der Waals surface area contributed by atoms with Crippen molar-refractivity contribution >= 4 is 40.2 Å². The van der Waals surface area contributed by atoms with E-state index in [1.165, 1.54) is 5.56 Å². The monoisotopic (exact) mass is 468 g/mol. The van der Waals surface area contributed by atoms with Crippen molar-refractivity contribution in [1.82, 2.24) is 4.57 Å². The summed E-state index contributed by atoms with van der Waals surface area (Å²) in [6.07, 6.45) is 0.895. The predicted octanol–water partition coefficient (Wildman–Crippen LogP) is 7.40. The third-order valence-electron chi connectivity index (χ3n) is 4.84. The van der Waals surface area contributed by atoms with Crippen LogP contribution in [0.25, 0.3) is 11.3 Å². The van der Waals surface area contributed by atoms with Crippen LogP contribution in [0.4, 0.5) is 5.69 Å². The highest BCUT2D eigenvalue weighted by atomic mass is 35.5. The second-order valence-electron chi connectivity index (χ2n) is 6.95. The molecule has 0 spiro atoms. The summed E-state index contributed by atoms with van der Waals surface area (Å²) in [5.74, 6) is 0.846. The largest absolute Gasteiger partial charge is 0.494 e. The van der Waals surface area contributed by atoms with Gasteiger partial charge in [-0.1, -0.05) is 53.5 Å². The molecule has 0 amide bonds. The van der Waals surface area contributed by atoms with E-state index in [-0.39, 0.29) is 0 Å². The number of ether oxygens (including phenoxy) is 1. The molecule has 0 N–H and O–H groups in total. The Balaban J connectivity index is 1.74. The van der Waals surface area contributed by atoms with Crippen LogP contribution in [0.5, 0.6) is 5.75 Å². The van der Waals surface area contributed by atoms with Crippen molar-refractivity contribution in [2.75, 3.05) is 6.61 Å². The molecule has 3 aromatic carbocycles. The molecule has 0 aliphatic rings. The molecule has 0 saturated carbocycles. The summed E-state index contributed by atoms with van der Waals surface area (Å²) in [6.45, 7) is 3.41. The standard InChI is InChI=1S/C25H22Cl2N2OS/c1-2-30-21-11-9-20(10-12-21)28-25-29(15-14-18-6-4-3-5-7-18)24(17-31-25)22-13-8-19(26)16-23(22)27/h3-13,16-17H,2,14-15H2,1H3. The molecule has 0 unspecified atom stereocenters. The molecule has 0 radical (unpaired) electrons. The van der Waals surface area contributed by atoms with Gasteiger partial charge in [0.25, 0.3) is 0 Å². The lowest BCUT2D eigenvalue weighted by atomic mass is 10.1. The number of benzene rings is 3. The summed E-state index contributed by atoms with van der Waals surface area (Å²) in [6, 6.07) is 23.9. The van der Waals surface area contributed by atoms with Gasteiger partial charge in [-0.05, 0) is 61.4 Å². The molecule has 1 heterocycles. The van der Waals surface area contributed by atoms with Crippen molar-refractivity contribution in [3.05, 3.63) is 98.6 Å². The minimum atomic E-state index is 0.624. The second kappa shape index (κ2) is 10.2. The minimum Gasteiger partial charge on any atom is -0.494 e. The Kier molecular flexibility index (Phi) is 7.13. The Hall–Kier alpha value is -2.53. The van der Waals surface area contributed by atoms with Gasteiger partial charge in [0.1, 0.15) is 5.75 Å². The van der Waals surface area contributed by atoms with Crippen molar-refractivity contribution < 1.29 is 4.74 Å². The molecular weight excluding hydrogens is 447 g/mol. The first-order valence-corrected chi connectivity index (χ1v) is 11.7. The maximum atomic E-state index is 6.53. The van der Waals surface area contributed by atoms with Crippen molar-refractivity contribution in [2.24, 2.45) is 4.99 Å². The highest BCUT2D eigenvalue weighted by molar-refractivity contribution is 7.07. The zero-order chi connectivity index (χ0) is 21.6. The van der Waals surface area contributed by atoms with E-state index in [0.29, 0.717) is 16.7 Å². The molecule has 1 aromatic heterocycles. The van der Waals surface area contributed by atoms with Crippen LogP contribution in [-0.4, -0.2) is 11.2 Å². The molecule has 158 valence electrons. The van der Waals surface area contributed by atoms with Gasteiger partial charge in [0.2, 0.25) is 0 Å². The molecule has 6 heteroatoms. The van der Waals surface area contributed by atoms with Crippen LogP contribution in [0.3, 0.4) is 0 Å². The van der Waals surface area contributed by atoms with Gasteiger partial charge in [-0.3, -0.25) is 0 Å². The number of aromatic nitrogens is 1. The van der Waals surface area contributed by atoms with Gasteiger partial charge in [0, 0.05) is 22.5 Å². The number of aryl methyl sites for hydroxylation is 1. The molecule has 31 heavy (non-hydrogen) atoms. The van der Waals surface area contributed by atoms with E-state index in [9.17, 15) is 0 Å². The zero-order valence-electron chi connectivity index (χ0n) is 17.1. The Morgan fingerprint density at radius 3 is 2.45 bits per heavy atom. The van der Waals surface area contributed by atoms with Crippen molar-refractivity contribution in [2.45, 2.75) is 19.9 Å². The molecule has 0 bridgehead atoms. The minimum absolute atomic E-state index is 0.624. The summed E-state index contributed by atoms with van der Waals surface area (Å²) < 4.78 is 7.76. The average molecular weight is 469 g/mol. The quantitative estimate of drug-likeness (QED) is 0.277. The molecule has 3 nitrogen and oxygen atoms in total. The van der Waals surface area contributed by atoms with Crippen LogP contribution in [0.2, 0.25) is 10.0 Å². The summed E-state index contributed by atoms with van der Waals surface area (Å²) in [7, 11) is 0. The van der Waals surface area contributed by atoms with Crippen molar-refractivity contribution in [3.63, 3.8) is 0 Å². The lowest BCUT2D eigenvalue weighted by molar-refractivity contribution is 0.340. The first-order chi connectivity index (χ1) is 15.1. The molecule has 4 rings (SSSR count). The normalized spacial score (nSPS) is 11.6. The molecule has 0 aliphatic heterocycles. The fourth-order valence-corrected chi connectivity index (χ4v) is 4.78. The fourth-order valence-electron chi connectivity index (χ4n) is 3.33. The van der Waals surface area contributed by atoms with Crippen LogP contribution in [0.15, 0.2) is 83.2 Å². The molecule has 0 aliphatic carbocycles. The van der Waals surface area contributed by atoms with E-state index < -0.39 is 0 Å². The molecule has 0 atom stereocenters. The van der Waals surface area contributed by atoms with Gasteiger partial charge in [-0.2, -0.15) is 0 Å². The number of halogens is 2. The molecule has 4 aromatic rings. The van der Waals surface area contributed by atoms with E-state index in [4.69, 9.17) is 32.9 Å². The molecule has 0 saturated heterocycles. The van der Waals surface area contributed by atoms with Crippen LogP contribution >= 0.6 is 34.5 Å². The molecule has 0 fully saturated rings. The topological polar surface area (TPSA) is 26.5 Å². The zero-order valence-corrected chi connectivity index (χ0v) is 19.4. The number of nitrogens with zero attached hydrogens (tertiary/aromatic N) is 2. The van der Waals surface area contributed by atoms with Gasteiger partial charge >= 0.3 is 0 Å². The van der Waals surface area contributed by atoms with Gasteiger partial charge < -0.3 is 9.30 Å². The van der Waals surface area contributed by atoms with E-state index in [0.717, 1.165) is 40.5 Å². The average Bonchev–Trinajstić information content (AvgIpc) is 3.16. The van der Waals surface area contributed by atoms with Crippen LogP contribution < -0.4 is 9.54 Å². The lowest BCUT2D eigenvalue weighted by Gasteiger charge is -2.11. The first kappa shape index (κ1) is 21.7. The highest BCUT2D eigenvalue weighted by Crippen LogP contribution is 2.31. The third kappa shape index (κ3) is 5.40. The highest BCUT2D eigenvalue weighted by Gasteiger charge is 2.12. The second-order valence-corrected chi connectivity index (χ2v) is 8.63. The fraction of sp³-hybridized carbons (Fsp3) is 0.160. The van der Waals surface area contributed by atoms with Gasteiger partial charge in [-0.15, -0.1) is 11.3 Å². The van der Waals surface area contributed by atoms with Crippen molar-refractivity contribution in [1.29, 1.82) is 0 Å². The van der Waals surface area contributed by atoms with Gasteiger partial charge in [0.15, 0.2) is 4.80 Å². The van der Waals surface area contributed by atoms with Crippen LogP contribution in [0.1, 0.15) is 12.5 Å². The van der Waals surface area contributed by atoms with E-state index in [1.54, 1.807) is 17.4 Å². The number of rotatable bonds is 7. The van der Waals surface area contributed by atoms with E-state index >= 15 is 0 Å². The smallest absolute Gasteiger partial charge is 0.190 e. The lowest BCUT2D eigenvalue weighted by Crippen LogP contribution is -2.17. The Labute approximate surface area is 196 Å². The van der Waals surface area contributed by atoms with Crippen LogP contribution in [0, 0.1) is 0 Å². The van der Waals surface area contributed by atoms with Crippen molar-refractivity contribution in [3.8, 4) is 17.0 Å². The summed E-state index contributed by atoms with van der Waals surface area (Å²) in [4.78, 5) is 5.82. The maximum Gasteiger partial charge on any atom is 0.190 e. The van der Waals surface area contributed by atoms with Gasteiger partial charge in [-0.25, -0.2) is 4.99 Å². The SMILES string of the molecule is CCOc1ccc(N=c2scc(-c3ccc(Cl)cc3Cl)n2CCc2ccccc2)cc1. The number of hydrogen-bond acceptors (Lipinski definition) is 3. The Morgan fingerprint density at radius 1 is 0.968 bits per heavy atom. The summed E-state index contributed by atoms with van der Waals surface area (Å²) in [5.41, 5.74) is 4.14. The predicted molar refractivity (Wildman–Crippen MR) is 131 cm³/mol. The maximum absolute atomic E-state index is 6.53. The molecular formula is C25H22Cl2N2OS. The van der Waals surface area contributed by atoms with Gasteiger partial charge in [0.05, 0.1) is 23.0 Å².